The number of hydrogen-bond acceptors (Lipinski definition) is 3. The van der Waals surface area contributed by atoms with E-state index in [4.69, 9.17) is 0 Å². The van der Waals surface area contributed by atoms with Crippen LogP contribution in [0.25, 0.3) is 0 Å². The smallest absolute Gasteiger partial charge is 0.116 e. The van der Waals surface area contributed by atoms with Crippen molar-refractivity contribution in [1.82, 2.24) is 0 Å². The molecule has 0 bridgehead atoms. The summed E-state index contributed by atoms with van der Waals surface area (Å²) >= 11 is 0. The van der Waals surface area contributed by atoms with Crippen LogP contribution < -0.4 is 9.96 Å². The molecule has 0 saturated carbocycles. The van der Waals surface area contributed by atoms with E-state index in [2.05, 4.69) is 17.9 Å². The minimum atomic E-state index is 0.597. The molecule has 1 N–H and O–H groups in total. The highest BCUT2D eigenvalue weighted by Gasteiger charge is 2.23. The topological polar surface area (TPSA) is 26.7 Å². The standard InChI is InChI=1S/C11H16N2O/c1-2-3-8-12-9-13(14)11-7-5-4-6-10(11)12/h4-7,14H,2-3,8-9H2,1H3. The molecule has 0 atom stereocenters. The Labute approximate surface area is 84.5 Å². The van der Waals surface area contributed by atoms with Gasteiger partial charge in [0.05, 0.1) is 11.4 Å². The predicted octanol–water partition coefficient (Wildman–Crippen LogP) is 2.46. The number of unbranched alkanes of at least 4 members (excludes halogenated alkanes) is 1. The Balaban J connectivity index is 2.17. The van der Waals surface area contributed by atoms with Crippen molar-refractivity contribution < 1.29 is 5.21 Å². The van der Waals surface area contributed by atoms with Gasteiger partial charge in [-0.1, -0.05) is 25.5 Å². The SMILES string of the molecule is CCCCN1CN(O)c2ccccc21. The van der Waals surface area contributed by atoms with E-state index in [0.29, 0.717) is 6.67 Å². The lowest BCUT2D eigenvalue weighted by Gasteiger charge is -2.17. The highest BCUT2D eigenvalue weighted by atomic mass is 16.5. The lowest BCUT2D eigenvalue weighted by Crippen LogP contribution is -2.29. The molecule has 0 aromatic heterocycles. The molecular weight excluding hydrogens is 176 g/mol. The lowest BCUT2D eigenvalue weighted by molar-refractivity contribution is 0.262. The molecule has 3 heteroatoms. The monoisotopic (exact) mass is 192 g/mol. The van der Waals surface area contributed by atoms with E-state index < -0.39 is 0 Å². The first-order chi connectivity index (χ1) is 6.83. The molecule has 0 radical (unpaired) electrons. The first kappa shape index (κ1) is 9.34. The maximum atomic E-state index is 9.64. The van der Waals surface area contributed by atoms with Crippen LogP contribution in [-0.4, -0.2) is 18.4 Å². The van der Waals surface area contributed by atoms with Crippen LogP contribution in [0.1, 0.15) is 19.8 Å². The van der Waals surface area contributed by atoms with Crippen LogP contribution in [0, 0.1) is 0 Å². The summed E-state index contributed by atoms with van der Waals surface area (Å²) in [4.78, 5) is 2.21. The number of anilines is 2. The van der Waals surface area contributed by atoms with Gasteiger partial charge >= 0.3 is 0 Å². The van der Waals surface area contributed by atoms with Gasteiger partial charge in [-0.15, -0.1) is 0 Å². The van der Waals surface area contributed by atoms with Crippen LogP contribution in [0.2, 0.25) is 0 Å². The highest BCUT2D eigenvalue weighted by molar-refractivity contribution is 5.74. The fourth-order valence-electron chi connectivity index (χ4n) is 1.80. The number of benzene rings is 1. The molecule has 0 aliphatic carbocycles. The fourth-order valence-corrected chi connectivity index (χ4v) is 1.80. The van der Waals surface area contributed by atoms with Gasteiger partial charge in [-0.05, 0) is 18.6 Å². The van der Waals surface area contributed by atoms with Crippen molar-refractivity contribution in [3.05, 3.63) is 24.3 Å². The summed E-state index contributed by atoms with van der Waals surface area (Å²) in [5, 5.41) is 11.0. The van der Waals surface area contributed by atoms with E-state index in [9.17, 15) is 5.21 Å². The van der Waals surface area contributed by atoms with Crippen LogP contribution in [0.15, 0.2) is 24.3 Å². The molecule has 0 amide bonds. The second-order valence-corrected chi connectivity index (χ2v) is 3.65. The third-order valence-electron chi connectivity index (χ3n) is 2.59. The Morgan fingerprint density at radius 1 is 1.29 bits per heavy atom. The third-order valence-corrected chi connectivity index (χ3v) is 2.59. The molecule has 76 valence electrons. The van der Waals surface area contributed by atoms with Crippen molar-refractivity contribution in [2.75, 3.05) is 23.2 Å². The minimum Gasteiger partial charge on any atom is -0.350 e. The Morgan fingerprint density at radius 2 is 2.00 bits per heavy atom. The first-order valence-corrected chi connectivity index (χ1v) is 5.13. The summed E-state index contributed by atoms with van der Waals surface area (Å²) in [6.07, 6.45) is 2.35. The van der Waals surface area contributed by atoms with E-state index in [-0.39, 0.29) is 0 Å². The van der Waals surface area contributed by atoms with Gasteiger partial charge in [0.2, 0.25) is 0 Å². The molecule has 1 aliphatic heterocycles. The van der Waals surface area contributed by atoms with Gasteiger partial charge in [0.15, 0.2) is 0 Å². The van der Waals surface area contributed by atoms with E-state index in [1.165, 1.54) is 17.9 Å². The van der Waals surface area contributed by atoms with Crippen molar-refractivity contribution >= 4 is 11.4 Å². The second-order valence-electron chi connectivity index (χ2n) is 3.65. The van der Waals surface area contributed by atoms with Gasteiger partial charge in [0.25, 0.3) is 0 Å². The molecule has 0 fully saturated rings. The first-order valence-electron chi connectivity index (χ1n) is 5.13. The fraction of sp³-hybridized carbons (Fsp3) is 0.455. The van der Waals surface area contributed by atoms with Crippen molar-refractivity contribution in [1.29, 1.82) is 0 Å². The number of nitrogens with zero attached hydrogens (tertiary/aromatic N) is 2. The molecule has 0 unspecified atom stereocenters. The molecular formula is C11H16N2O. The van der Waals surface area contributed by atoms with Crippen LogP contribution in [-0.2, 0) is 0 Å². The van der Waals surface area contributed by atoms with E-state index >= 15 is 0 Å². The van der Waals surface area contributed by atoms with Gasteiger partial charge in [0, 0.05) is 6.54 Å². The summed E-state index contributed by atoms with van der Waals surface area (Å²) in [6.45, 7) is 3.79. The normalized spacial score (nSPS) is 14.7. The number of fused-ring (bicyclic) bond motifs is 1. The quantitative estimate of drug-likeness (QED) is 0.797. The van der Waals surface area contributed by atoms with E-state index in [0.717, 1.165) is 17.9 Å². The summed E-state index contributed by atoms with van der Waals surface area (Å²) in [5.74, 6) is 0. The zero-order chi connectivity index (χ0) is 9.97. The minimum absolute atomic E-state index is 0.597. The van der Waals surface area contributed by atoms with E-state index in [1.807, 2.05) is 18.2 Å². The Bertz CT molecular complexity index is 314. The second kappa shape index (κ2) is 3.88. The molecule has 0 spiro atoms. The van der Waals surface area contributed by atoms with Gasteiger partial charge in [-0.3, -0.25) is 5.21 Å². The molecule has 1 aliphatic rings. The molecule has 1 heterocycles. The molecule has 3 nitrogen and oxygen atoms in total. The van der Waals surface area contributed by atoms with Crippen molar-refractivity contribution in [2.24, 2.45) is 0 Å². The molecule has 2 rings (SSSR count). The lowest BCUT2D eigenvalue weighted by atomic mass is 10.2. The van der Waals surface area contributed by atoms with Crippen LogP contribution in [0.5, 0.6) is 0 Å². The zero-order valence-electron chi connectivity index (χ0n) is 8.48. The summed E-state index contributed by atoms with van der Waals surface area (Å²) in [6, 6.07) is 7.96. The third kappa shape index (κ3) is 1.55. The van der Waals surface area contributed by atoms with Crippen LogP contribution in [0.4, 0.5) is 11.4 Å². The number of rotatable bonds is 3. The van der Waals surface area contributed by atoms with Gasteiger partial charge < -0.3 is 4.90 Å². The maximum absolute atomic E-state index is 9.64. The highest BCUT2D eigenvalue weighted by Crippen LogP contribution is 2.34. The van der Waals surface area contributed by atoms with Crippen LogP contribution >= 0.6 is 0 Å². The van der Waals surface area contributed by atoms with Gasteiger partial charge in [-0.2, -0.15) is 0 Å². The summed E-state index contributed by atoms with van der Waals surface area (Å²) in [5.41, 5.74) is 2.06. The Morgan fingerprint density at radius 3 is 2.71 bits per heavy atom. The number of para-hydroxylation sites is 2. The van der Waals surface area contributed by atoms with Crippen molar-refractivity contribution in [2.45, 2.75) is 19.8 Å². The Hall–Kier alpha value is -1.22. The van der Waals surface area contributed by atoms with Crippen molar-refractivity contribution in [3.63, 3.8) is 0 Å². The van der Waals surface area contributed by atoms with Crippen LogP contribution in [0.3, 0.4) is 0 Å². The largest absolute Gasteiger partial charge is 0.350 e. The molecule has 1 aromatic carbocycles. The zero-order valence-corrected chi connectivity index (χ0v) is 8.48. The molecule has 1 aromatic rings. The van der Waals surface area contributed by atoms with Gasteiger partial charge in [-0.25, -0.2) is 5.06 Å². The van der Waals surface area contributed by atoms with Crippen molar-refractivity contribution in [3.8, 4) is 0 Å². The summed E-state index contributed by atoms with van der Waals surface area (Å²) in [7, 11) is 0. The predicted molar refractivity (Wildman–Crippen MR) is 57.8 cm³/mol. The molecule has 0 saturated heterocycles. The van der Waals surface area contributed by atoms with E-state index in [1.54, 1.807) is 0 Å². The maximum Gasteiger partial charge on any atom is 0.116 e. The molecule has 14 heavy (non-hydrogen) atoms. The Kier molecular flexibility index (Phi) is 2.59. The summed E-state index contributed by atoms with van der Waals surface area (Å²) < 4.78 is 0. The number of hydrogen-bond donors (Lipinski definition) is 1. The number of hydroxylamine groups is 1. The average Bonchev–Trinajstić information content (AvgIpc) is 2.54. The average molecular weight is 192 g/mol. The van der Waals surface area contributed by atoms with Gasteiger partial charge in [0.1, 0.15) is 6.67 Å².